The monoisotopic (exact) mass is 255 g/mol. The van der Waals surface area contributed by atoms with Gasteiger partial charge < -0.3 is 5.32 Å². The van der Waals surface area contributed by atoms with Crippen molar-refractivity contribution in [2.24, 2.45) is 0 Å². The minimum Gasteiger partial charge on any atom is -0.330 e. The standard InChI is InChI=1S/C8H6BrN3S/c9-7-5-11-8(13-7)12-6-2-1-3-10-4-6/h1-5H,(H,11,12). The van der Waals surface area contributed by atoms with Crippen LogP contribution in [-0.2, 0) is 0 Å². The van der Waals surface area contributed by atoms with E-state index in [2.05, 4.69) is 31.2 Å². The Balaban J connectivity index is 2.15. The second-order valence-corrected chi connectivity index (χ2v) is 4.75. The van der Waals surface area contributed by atoms with Crippen molar-refractivity contribution in [1.82, 2.24) is 9.97 Å². The zero-order chi connectivity index (χ0) is 9.10. The summed E-state index contributed by atoms with van der Waals surface area (Å²) in [5.74, 6) is 0. The van der Waals surface area contributed by atoms with Gasteiger partial charge >= 0.3 is 0 Å². The molecule has 0 bridgehead atoms. The lowest BCUT2D eigenvalue weighted by Crippen LogP contribution is -1.88. The van der Waals surface area contributed by atoms with Crippen LogP contribution in [0.4, 0.5) is 10.8 Å². The maximum absolute atomic E-state index is 4.14. The third kappa shape index (κ3) is 2.26. The Morgan fingerprint density at radius 1 is 1.38 bits per heavy atom. The normalized spacial score (nSPS) is 9.92. The van der Waals surface area contributed by atoms with E-state index < -0.39 is 0 Å². The molecule has 2 aromatic rings. The van der Waals surface area contributed by atoms with Crippen molar-refractivity contribution in [2.45, 2.75) is 0 Å². The Labute approximate surface area is 88.0 Å². The lowest BCUT2D eigenvalue weighted by Gasteiger charge is -1.99. The predicted octanol–water partition coefficient (Wildman–Crippen LogP) is 3.04. The summed E-state index contributed by atoms with van der Waals surface area (Å²) in [6, 6.07) is 3.83. The summed E-state index contributed by atoms with van der Waals surface area (Å²) in [6.45, 7) is 0. The molecule has 2 rings (SSSR count). The molecule has 0 aliphatic rings. The molecule has 0 aliphatic carbocycles. The van der Waals surface area contributed by atoms with Crippen molar-refractivity contribution in [3.63, 3.8) is 0 Å². The fourth-order valence-corrected chi connectivity index (χ4v) is 2.00. The van der Waals surface area contributed by atoms with E-state index in [1.807, 2.05) is 12.1 Å². The van der Waals surface area contributed by atoms with Gasteiger partial charge in [0.05, 0.1) is 21.9 Å². The van der Waals surface area contributed by atoms with Crippen molar-refractivity contribution in [2.75, 3.05) is 5.32 Å². The summed E-state index contributed by atoms with van der Waals surface area (Å²) < 4.78 is 1.01. The van der Waals surface area contributed by atoms with E-state index >= 15 is 0 Å². The number of aromatic nitrogens is 2. The molecule has 5 heteroatoms. The molecule has 0 atom stereocenters. The van der Waals surface area contributed by atoms with Crippen LogP contribution < -0.4 is 5.32 Å². The Hall–Kier alpha value is -0.940. The Kier molecular flexibility index (Phi) is 2.56. The van der Waals surface area contributed by atoms with E-state index in [0.717, 1.165) is 14.6 Å². The SMILES string of the molecule is Brc1cnc(Nc2cccnc2)s1. The first-order chi connectivity index (χ1) is 6.34. The van der Waals surface area contributed by atoms with E-state index in [-0.39, 0.29) is 0 Å². The maximum Gasteiger partial charge on any atom is 0.188 e. The number of anilines is 2. The summed E-state index contributed by atoms with van der Waals surface area (Å²) >= 11 is 4.90. The smallest absolute Gasteiger partial charge is 0.188 e. The van der Waals surface area contributed by atoms with Crippen LogP contribution in [0.1, 0.15) is 0 Å². The van der Waals surface area contributed by atoms with Gasteiger partial charge in [-0.05, 0) is 28.1 Å². The van der Waals surface area contributed by atoms with Crippen molar-refractivity contribution in [3.05, 3.63) is 34.5 Å². The average Bonchev–Trinajstić information content (AvgIpc) is 2.53. The zero-order valence-corrected chi connectivity index (χ0v) is 8.97. The lowest BCUT2D eigenvalue weighted by molar-refractivity contribution is 1.31. The molecular weight excluding hydrogens is 250 g/mol. The van der Waals surface area contributed by atoms with Crippen LogP contribution in [0.2, 0.25) is 0 Å². The molecule has 0 aliphatic heterocycles. The van der Waals surface area contributed by atoms with Crippen LogP contribution in [0.25, 0.3) is 0 Å². The van der Waals surface area contributed by atoms with Gasteiger partial charge in [0.2, 0.25) is 0 Å². The molecule has 2 heterocycles. The summed E-state index contributed by atoms with van der Waals surface area (Å²) in [7, 11) is 0. The summed E-state index contributed by atoms with van der Waals surface area (Å²) in [5, 5.41) is 4.00. The van der Waals surface area contributed by atoms with Gasteiger partial charge in [-0.2, -0.15) is 0 Å². The first-order valence-electron chi connectivity index (χ1n) is 3.63. The van der Waals surface area contributed by atoms with Crippen LogP contribution in [0.15, 0.2) is 34.5 Å². The predicted molar refractivity (Wildman–Crippen MR) is 57.3 cm³/mol. The van der Waals surface area contributed by atoms with Crippen LogP contribution in [-0.4, -0.2) is 9.97 Å². The van der Waals surface area contributed by atoms with Crippen LogP contribution in [0.5, 0.6) is 0 Å². The van der Waals surface area contributed by atoms with Gasteiger partial charge in [-0.1, -0.05) is 11.3 Å². The van der Waals surface area contributed by atoms with Gasteiger partial charge in [0.1, 0.15) is 0 Å². The average molecular weight is 256 g/mol. The molecule has 0 spiro atoms. The molecule has 3 nitrogen and oxygen atoms in total. The molecular formula is C8H6BrN3S. The van der Waals surface area contributed by atoms with Crippen molar-refractivity contribution in [1.29, 1.82) is 0 Å². The Morgan fingerprint density at radius 2 is 2.31 bits per heavy atom. The quantitative estimate of drug-likeness (QED) is 0.897. The summed E-state index contributed by atoms with van der Waals surface area (Å²) in [6.07, 6.45) is 5.27. The topological polar surface area (TPSA) is 37.8 Å². The number of pyridine rings is 1. The van der Waals surface area contributed by atoms with Gasteiger partial charge in [0, 0.05) is 6.20 Å². The van der Waals surface area contributed by atoms with E-state index in [9.17, 15) is 0 Å². The van der Waals surface area contributed by atoms with E-state index in [1.165, 1.54) is 0 Å². The van der Waals surface area contributed by atoms with Gasteiger partial charge in [-0.25, -0.2) is 4.98 Å². The number of thiazole rings is 1. The van der Waals surface area contributed by atoms with Gasteiger partial charge in [0.15, 0.2) is 5.13 Å². The van der Waals surface area contributed by atoms with Crippen LogP contribution in [0.3, 0.4) is 0 Å². The summed E-state index contributed by atoms with van der Waals surface area (Å²) in [4.78, 5) is 8.13. The summed E-state index contributed by atoms with van der Waals surface area (Å²) in [5.41, 5.74) is 0.948. The highest BCUT2D eigenvalue weighted by molar-refractivity contribution is 9.11. The zero-order valence-electron chi connectivity index (χ0n) is 6.57. The lowest BCUT2D eigenvalue weighted by atomic mass is 10.4. The molecule has 0 amide bonds. The Morgan fingerprint density at radius 3 is 2.92 bits per heavy atom. The van der Waals surface area contributed by atoms with Crippen molar-refractivity contribution in [3.8, 4) is 0 Å². The van der Waals surface area contributed by atoms with Crippen molar-refractivity contribution < 1.29 is 0 Å². The fraction of sp³-hybridized carbons (Fsp3) is 0. The largest absolute Gasteiger partial charge is 0.330 e. The first kappa shape index (κ1) is 8.65. The second-order valence-electron chi connectivity index (χ2n) is 2.34. The fourth-order valence-electron chi connectivity index (χ4n) is 0.872. The molecule has 0 saturated heterocycles. The highest BCUT2D eigenvalue weighted by atomic mass is 79.9. The molecule has 0 fully saturated rings. The van der Waals surface area contributed by atoms with E-state index in [1.54, 1.807) is 29.9 Å². The molecule has 1 N–H and O–H groups in total. The number of nitrogens with zero attached hydrogens (tertiary/aromatic N) is 2. The van der Waals surface area contributed by atoms with E-state index in [4.69, 9.17) is 0 Å². The van der Waals surface area contributed by atoms with Gasteiger partial charge in [-0.15, -0.1) is 0 Å². The third-order valence-corrected chi connectivity index (χ3v) is 2.78. The number of rotatable bonds is 2. The molecule has 0 saturated carbocycles. The highest BCUT2D eigenvalue weighted by Crippen LogP contribution is 2.25. The van der Waals surface area contributed by atoms with Crippen LogP contribution in [0, 0.1) is 0 Å². The Bertz CT molecular complexity index is 387. The molecule has 0 unspecified atom stereocenters. The highest BCUT2D eigenvalue weighted by Gasteiger charge is 1.98. The molecule has 66 valence electrons. The van der Waals surface area contributed by atoms with Crippen molar-refractivity contribution >= 4 is 38.1 Å². The second kappa shape index (κ2) is 3.85. The molecule has 13 heavy (non-hydrogen) atoms. The van der Waals surface area contributed by atoms with Gasteiger partial charge in [0.25, 0.3) is 0 Å². The molecule has 2 aromatic heterocycles. The first-order valence-corrected chi connectivity index (χ1v) is 5.24. The van der Waals surface area contributed by atoms with Gasteiger partial charge in [-0.3, -0.25) is 4.98 Å². The number of hydrogen-bond donors (Lipinski definition) is 1. The number of nitrogens with one attached hydrogen (secondary N) is 1. The molecule has 0 aromatic carbocycles. The third-order valence-electron chi connectivity index (χ3n) is 1.39. The van der Waals surface area contributed by atoms with Crippen LogP contribution >= 0.6 is 27.3 Å². The number of halogens is 1. The molecule has 0 radical (unpaired) electrons. The number of hydrogen-bond acceptors (Lipinski definition) is 4. The maximum atomic E-state index is 4.14. The van der Waals surface area contributed by atoms with E-state index in [0.29, 0.717) is 0 Å². The minimum absolute atomic E-state index is 0.861. The minimum atomic E-state index is 0.861.